The highest BCUT2D eigenvalue weighted by molar-refractivity contribution is 7.80. The molecular weight excluding hydrogens is 302 g/mol. The Balaban J connectivity index is 1.80. The zero-order valence-corrected chi connectivity index (χ0v) is 14.9. The van der Waals surface area contributed by atoms with Gasteiger partial charge in [0.15, 0.2) is 5.11 Å². The zero-order valence-electron chi connectivity index (χ0n) is 14.1. The molecule has 0 saturated carbocycles. The molecule has 0 aliphatic rings. The fourth-order valence-corrected chi connectivity index (χ4v) is 2.63. The second-order valence-corrected chi connectivity index (χ2v) is 6.07. The van der Waals surface area contributed by atoms with E-state index in [1.165, 1.54) is 16.8 Å². The fourth-order valence-electron chi connectivity index (χ4n) is 2.41. The van der Waals surface area contributed by atoms with Crippen molar-refractivity contribution in [2.45, 2.75) is 20.8 Å². The van der Waals surface area contributed by atoms with Crippen LogP contribution in [-0.4, -0.2) is 24.7 Å². The summed E-state index contributed by atoms with van der Waals surface area (Å²) in [6.45, 7) is 9.06. The van der Waals surface area contributed by atoms with Gasteiger partial charge in [-0.05, 0) is 62.8 Å². The molecule has 0 atom stereocenters. The summed E-state index contributed by atoms with van der Waals surface area (Å²) >= 11 is 5.35. The third-order valence-electron chi connectivity index (χ3n) is 3.73. The van der Waals surface area contributed by atoms with Crippen LogP contribution in [0.5, 0.6) is 0 Å². The van der Waals surface area contributed by atoms with Crippen LogP contribution in [-0.2, 0) is 0 Å². The van der Waals surface area contributed by atoms with E-state index in [-0.39, 0.29) is 0 Å². The summed E-state index contributed by atoms with van der Waals surface area (Å²) < 4.78 is 0. The zero-order chi connectivity index (χ0) is 16.7. The minimum atomic E-state index is 0.661. The Morgan fingerprint density at radius 2 is 1.78 bits per heavy atom. The lowest BCUT2D eigenvalue weighted by atomic mass is 10.2. The van der Waals surface area contributed by atoms with E-state index in [9.17, 15) is 0 Å². The summed E-state index contributed by atoms with van der Waals surface area (Å²) in [7, 11) is 0. The Bertz CT molecular complexity index is 637. The number of aryl methyl sites for hydroxylation is 2. The van der Waals surface area contributed by atoms with Crippen molar-refractivity contribution in [1.29, 1.82) is 0 Å². The Kier molecular flexibility index (Phi) is 6.41. The minimum absolute atomic E-state index is 0.661. The Morgan fingerprint density at radius 1 is 1.04 bits per heavy atom. The van der Waals surface area contributed by atoms with E-state index < -0.39 is 0 Å². The third kappa shape index (κ3) is 5.57. The molecule has 2 aromatic carbocycles. The van der Waals surface area contributed by atoms with Gasteiger partial charge in [-0.3, -0.25) is 0 Å². The first-order valence-corrected chi connectivity index (χ1v) is 8.42. The summed E-state index contributed by atoms with van der Waals surface area (Å²) in [6, 6.07) is 16.8. The minimum Gasteiger partial charge on any atom is -0.370 e. The predicted octanol–water partition coefficient (Wildman–Crippen LogP) is 4.12. The molecule has 0 aliphatic heterocycles. The highest BCUT2D eigenvalue weighted by Gasteiger charge is 2.04. The van der Waals surface area contributed by atoms with Crippen molar-refractivity contribution in [1.82, 2.24) is 5.32 Å². The molecule has 0 radical (unpaired) electrons. The van der Waals surface area contributed by atoms with Gasteiger partial charge in [0, 0.05) is 31.0 Å². The maximum atomic E-state index is 5.35. The lowest BCUT2D eigenvalue weighted by molar-refractivity contribution is 0.779. The predicted molar refractivity (Wildman–Crippen MR) is 104 cm³/mol. The standard InChI is InChI=1S/C19H25N3S/c1-4-22(18-7-5-6-16(3)14-18)13-12-20-19(23)21-17-10-8-15(2)9-11-17/h5-11,14H,4,12-13H2,1-3H3,(H2,20,21,23). The molecule has 4 heteroatoms. The SMILES string of the molecule is CCN(CCNC(=S)Nc1ccc(C)cc1)c1cccc(C)c1. The van der Waals surface area contributed by atoms with Crippen LogP contribution in [0.2, 0.25) is 0 Å². The van der Waals surface area contributed by atoms with E-state index in [1.54, 1.807) is 0 Å². The van der Waals surface area contributed by atoms with Crippen LogP contribution in [0.3, 0.4) is 0 Å². The molecule has 0 aromatic heterocycles. The molecule has 0 unspecified atom stereocenters. The van der Waals surface area contributed by atoms with Crippen LogP contribution in [0, 0.1) is 13.8 Å². The van der Waals surface area contributed by atoms with E-state index in [0.29, 0.717) is 5.11 Å². The molecule has 0 spiro atoms. The van der Waals surface area contributed by atoms with Gasteiger partial charge in [-0.25, -0.2) is 0 Å². The Morgan fingerprint density at radius 3 is 2.43 bits per heavy atom. The number of likely N-dealkylation sites (N-methyl/N-ethyl adjacent to an activating group) is 1. The fraction of sp³-hybridized carbons (Fsp3) is 0.316. The van der Waals surface area contributed by atoms with Gasteiger partial charge in [0.25, 0.3) is 0 Å². The number of hydrogen-bond acceptors (Lipinski definition) is 2. The van der Waals surface area contributed by atoms with Crippen LogP contribution >= 0.6 is 12.2 Å². The van der Waals surface area contributed by atoms with Crippen molar-refractivity contribution >= 4 is 28.7 Å². The van der Waals surface area contributed by atoms with Gasteiger partial charge in [0.05, 0.1) is 0 Å². The van der Waals surface area contributed by atoms with Crippen LogP contribution in [0.1, 0.15) is 18.1 Å². The quantitative estimate of drug-likeness (QED) is 0.781. The summed E-state index contributed by atoms with van der Waals surface area (Å²) in [5, 5.41) is 7.15. The molecule has 0 bridgehead atoms. The molecule has 0 fully saturated rings. The Hall–Kier alpha value is -2.07. The van der Waals surface area contributed by atoms with E-state index in [1.807, 2.05) is 12.1 Å². The summed E-state index contributed by atoms with van der Waals surface area (Å²) in [6.07, 6.45) is 0. The molecular formula is C19H25N3S. The van der Waals surface area contributed by atoms with Crippen LogP contribution < -0.4 is 15.5 Å². The van der Waals surface area contributed by atoms with E-state index in [0.717, 1.165) is 25.3 Å². The number of thiocarbonyl (C=S) groups is 1. The summed E-state index contributed by atoms with van der Waals surface area (Å²) in [5.41, 5.74) is 4.79. The number of nitrogens with one attached hydrogen (secondary N) is 2. The molecule has 2 rings (SSSR count). The van der Waals surface area contributed by atoms with Crippen molar-refractivity contribution in [3.8, 4) is 0 Å². The molecule has 2 aromatic rings. The van der Waals surface area contributed by atoms with Crippen LogP contribution in [0.15, 0.2) is 48.5 Å². The molecule has 0 amide bonds. The van der Waals surface area contributed by atoms with Gasteiger partial charge in [0.1, 0.15) is 0 Å². The molecule has 0 heterocycles. The molecule has 2 N–H and O–H groups in total. The van der Waals surface area contributed by atoms with E-state index >= 15 is 0 Å². The molecule has 122 valence electrons. The summed E-state index contributed by atoms with van der Waals surface area (Å²) in [4.78, 5) is 2.34. The molecule has 0 saturated heterocycles. The van der Waals surface area contributed by atoms with Gasteiger partial charge in [-0.2, -0.15) is 0 Å². The normalized spacial score (nSPS) is 10.2. The lowest BCUT2D eigenvalue weighted by Crippen LogP contribution is -2.36. The van der Waals surface area contributed by atoms with Gasteiger partial charge in [0.2, 0.25) is 0 Å². The topological polar surface area (TPSA) is 27.3 Å². The average Bonchev–Trinajstić information content (AvgIpc) is 2.54. The van der Waals surface area contributed by atoms with Gasteiger partial charge in [-0.15, -0.1) is 0 Å². The largest absolute Gasteiger partial charge is 0.370 e. The Labute approximate surface area is 144 Å². The maximum Gasteiger partial charge on any atom is 0.170 e. The number of rotatable bonds is 6. The first-order valence-electron chi connectivity index (χ1n) is 8.01. The number of benzene rings is 2. The van der Waals surface area contributed by atoms with Gasteiger partial charge in [-0.1, -0.05) is 29.8 Å². The number of nitrogens with zero attached hydrogens (tertiary/aromatic N) is 1. The van der Waals surface area contributed by atoms with Gasteiger partial charge >= 0.3 is 0 Å². The highest BCUT2D eigenvalue weighted by Crippen LogP contribution is 2.15. The van der Waals surface area contributed by atoms with Crippen molar-refractivity contribution < 1.29 is 0 Å². The van der Waals surface area contributed by atoms with Crippen molar-refractivity contribution in [3.05, 3.63) is 59.7 Å². The third-order valence-corrected chi connectivity index (χ3v) is 3.97. The summed E-state index contributed by atoms with van der Waals surface area (Å²) in [5.74, 6) is 0. The van der Waals surface area contributed by atoms with Crippen molar-refractivity contribution in [3.63, 3.8) is 0 Å². The second kappa shape index (κ2) is 8.53. The maximum absolute atomic E-state index is 5.35. The molecule has 23 heavy (non-hydrogen) atoms. The monoisotopic (exact) mass is 327 g/mol. The van der Waals surface area contributed by atoms with Crippen molar-refractivity contribution in [2.75, 3.05) is 29.9 Å². The number of anilines is 2. The second-order valence-electron chi connectivity index (χ2n) is 5.67. The van der Waals surface area contributed by atoms with Crippen LogP contribution in [0.25, 0.3) is 0 Å². The number of hydrogen-bond donors (Lipinski definition) is 2. The van der Waals surface area contributed by atoms with Crippen LogP contribution in [0.4, 0.5) is 11.4 Å². The van der Waals surface area contributed by atoms with Crippen molar-refractivity contribution in [2.24, 2.45) is 0 Å². The van der Waals surface area contributed by atoms with Gasteiger partial charge < -0.3 is 15.5 Å². The highest BCUT2D eigenvalue weighted by atomic mass is 32.1. The molecule has 0 aliphatic carbocycles. The average molecular weight is 327 g/mol. The first-order chi connectivity index (χ1) is 11.1. The lowest BCUT2D eigenvalue weighted by Gasteiger charge is -2.24. The first kappa shape index (κ1) is 17.3. The van der Waals surface area contributed by atoms with E-state index in [2.05, 4.69) is 72.7 Å². The van der Waals surface area contributed by atoms with E-state index in [4.69, 9.17) is 12.2 Å². The smallest absolute Gasteiger partial charge is 0.170 e. The molecule has 3 nitrogen and oxygen atoms in total.